The van der Waals surface area contributed by atoms with Gasteiger partial charge in [-0.1, -0.05) is 0 Å². The second-order valence-corrected chi connectivity index (χ2v) is 4.19. The van der Waals surface area contributed by atoms with Crippen LogP contribution < -0.4 is 10.1 Å². The first-order chi connectivity index (χ1) is 8.86. The number of carbonyl (C=O) groups excluding carboxylic acids is 1. The van der Waals surface area contributed by atoms with Gasteiger partial charge in [0.25, 0.3) is 5.91 Å². The molecule has 0 aliphatic rings. The highest BCUT2D eigenvalue weighted by atomic mass is 16.5. The van der Waals surface area contributed by atoms with Crippen molar-refractivity contribution in [2.45, 2.75) is 20.8 Å². The van der Waals surface area contributed by atoms with Gasteiger partial charge in [-0.3, -0.25) is 4.79 Å². The lowest BCUT2D eigenvalue weighted by Crippen LogP contribution is -2.16. The van der Waals surface area contributed by atoms with Gasteiger partial charge in [-0.2, -0.15) is 0 Å². The van der Waals surface area contributed by atoms with Gasteiger partial charge in [-0.05, 0) is 44.5 Å². The number of ether oxygens (including phenoxy) is 1. The first-order valence-electron chi connectivity index (χ1n) is 5.73. The molecule has 0 unspecified atom stereocenters. The van der Waals surface area contributed by atoms with E-state index in [1.165, 1.54) is 13.8 Å². The number of nitrogens with one attached hydrogen (secondary N) is 1. The molecule has 1 amide bonds. The van der Waals surface area contributed by atoms with Crippen molar-refractivity contribution in [1.29, 1.82) is 0 Å². The molecule has 0 radical (unpaired) electrons. The van der Waals surface area contributed by atoms with Crippen molar-refractivity contribution in [3.05, 3.63) is 34.9 Å². The average Bonchev–Trinajstić information content (AvgIpc) is 2.37. The predicted molar refractivity (Wildman–Crippen MR) is 72.4 cm³/mol. The molecular weight excluding hydrogens is 246 g/mol. The molecule has 0 aliphatic heterocycles. The summed E-state index contributed by atoms with van der Waals surface area (Å²) in [5.41, 5.74) is 1.70. The van der Waals surface area contributed by atoms with Crippen LogP contribution in [0.1, 0.15) is 19.4 Å². The fourth-order valence-corrected chi connectivity index (χ4v) is 1.51. The standard InChI is InChI=1S/C14H17NO4/c1-8-7-11(5-6-12(8)19-4)15-13(16)9(2)10(3)14(17)18/h5-7H,1-4H3,(H,15,16)(H,17,18)/b10-9-. The summed E-state index contributed by atoms with van der Waals surface area (Å²) < 4.78 is 5.12. The Morgan fingerprint density at radius 1 is 1.21 bits per heavy atom. The van der Waals surface area contributed by atoms with Gasteiger partial charge in [0, 0.05) is 16.8 Å². The number of benzene rings is 1. The molecule has 0 fully saturated rings. The topological polar surface area (TPSA) is 75.6 Å². The second kappa shape index (κ2) is 6.04. The van der Waals surface area contributed by atoms with Crippen LogP contribution in [0.2, 0.25) is 0 Å². The Balaban J connectivity index is 2.92. The van der Waals surface area contributed by atoms with Crippen LogP contribution in [0.3, 0.4) is 0 Å². The molecule has 2 N–H and O–H groups in total. The minimum atomic E-state index is -1.10. The third-order valence-electron chi connectivity index (χ3n) is 2.88. The molecule has 0 aromatic heterocycles. The molecule has 0 aliphatic carbocycles. The SMILES string of the molecule is COc1ccc(NC(=O)/C(C)=C(/C)C(=O)O)cc1C. The summed E-state index contributed by atoms with van der Waals surface area (Å²) in [6.45, 7) is 4.74. The number of aliphatic carboxylic acids is 1. The van der Waals surface area contributed by atoms with Gasteiger partial charge in [-0.25, -0.2) is 4.79 Å². The fourth-order valence-electron chi connectivity index (χ4n) is 1.51. The van der Waals surface area contributed by atoms with Gasteiger partial charge in [-0.15, -0.1) is 0 Å². The molecule has 0 saturated heterocycles. The Morgan fingerprint density at radius 2 is 1.84 bits per heavy atom. The number of carbonyl (C=O) groups is 2. The smallest absolute Gasteiger partial charge is 0.331 e. The highest BCUT2D eigenvalue weighted by Crippen LogP contribution is 2.21. The number of rotatable bonds is 4. The van der Waals surface area contributed by atoms with E-state index in [1.807, 2.05) is 6.92 Å². The van der Waals surface area contributed by atoms with Gasteiger partial charge >= 0.3 is 5.97 Å². The zero-order valence-corrected chi connectivity index (χ0v) is 11.4. The Kier molecular flexibility index (Phi) is 4.69. The summed E-state index contributed by atoms with van der Waals surface area (Å²) in [6, 6.07) is 5.21. The van der Waals surface area contributed by atoms with E-state index in [1.54, 1.807) is 25.3 Å². The summed E-state index contributed by atoms with van der Waals surface area (Å²) in [4.78, 5) is 22.6. The molecule has 102 valence electrons. The van der Waals surface area contributed by atoms with E-state index in [0.29, 0.717) is 5.69 Å². The molecule has 5 heteroatoms. The first kappa shape index (κ1) is 14.8. The van der Waals surface area contributed by atoms with E-state index in [9.17, 15) is 9.59 Å². The lowest BCUT2D eigenvalue weighted by Gasteiger charge is -2.10. The highest BCUT2D eigenvalue weighted by molar-refractivity contribution is 6.08. The molecule has 1 aromatic rings. The summed E-state index contributed by atoms with van der Waals surface area (Å²) in [5.74, 6) is -0.796. The van der Waals surface area contributed by atoms with Crippen LogP contribution in [0.4, 0.5) is 5.69 Å². The predicted octanol–water partition coefficient (Wildman–Crippen LogP) is 2.36. The molecule has 0 saturated carbocycles. The van der Waals surface area contributed by atoms with Crippen LogP contribution in [0.15, 0.2) is 29.3 Å². The quantitative estimate of drug-likeness (QED) is 0.818. The number of carboxylic acids is 1. The molecule has 5 nitrogen and oxygen atoms in total. The van der Waals surface area contributed by atoms with Crippen LogP contribution in [0.25, 0.3) is 0 Å². The first-order valence-corrected chi connectivity index (χ1v) is 5.73. The van der Waals surface area contributed by atoms with E-state index in [4.69, 9.17) is 9.84 Å². The fraction of sp³-hybridized carbons (Fsp3) is 0.286. The number of hydrogen-bond donors (Lipinski definition) is 2. The van der Waals surface area contributed by atoms with Gasteiger partial charge in [0.2, 0.25) is 0 Å². The average molecular weight is 263 g/mol. The van der Waals surface area contributed by atoms with E-state index >= 15 is 0 Å². The zero-order chi connectivity index (χ0) is 14.6. The Labute approximate surface area is 111 Å². The van der Waals surface area contributed by atoms with Gasteiger partial charge in [0.1, 0.15) is 5.75 Å². The summed E-state index contributed by atoms with van der Waals surface area (Å²) in [7, 11) is 1.57. The number of amides is 1. The van der Waals surface area contributed by atoms with Crippen molar-refractivity contribution in [3.8, 4) is 5.75 Å². The third-order valence-corrected chi connectivity index (χ3v) is 2.88. The maximum Gasteiger partial charge on any atom is 0.331 e. The van der Waals surface area contributed by atoms with E-state index in [2.05, 4.69) is 5.32 Å². The highest BCUT2D eigenvalue weighted by Gasteiger charge is 2.13. The molecule has 0 spiro atoms. The maximum atomic E-state index is 11.9. The summed E-state index contributed by atoms with van der Waals surface area (Å²) in [5, 5.41) is 11.5. The molecule has 0 bridgehead atoms. The third kappa shape index (κ3) is 3.58. The van der Waals surface area contributed by atoms with Crippen LogP contribution >= 0.6 is 0 Å². The Hall–Kier alpha value is -2.30. The van der Waals surface area contributed by atoms with Crippen molar-refractivity contribution >= 4 is 17.6 Å². The van der Waals surface area contributed by atoms with Gasteiger partial charge < -0.3 is 15.2 Å². The maximum absolute atomic E-state index is 11.9. The normalized spacial score (nSPS) is 11.6. The van der Waals surface area contributed by atoms with E-state index in [-0.39, 0.29) is 11.1 Å². The van der Waals surface area contributed by atoms with Crippen LogP contribution in [0.5, 0.6) is 5.75 Å². The molecule has 0 atom stereocenters. The van der Waals surface area contributed by atoms with Crippen molar-refractivity contribution in [1.82, 2.24) is 0 Å². The molecule has 1 rings (SSSR count). The van der Waals surface area contributed by atoms with Crippen molar-refractivity contribution in [2.24, 2.45) is 0 Å². The lowest BCUT2D eigenvalue weighted by molar-refractivity contribution is -0.133. The van der Waals surface area contributed by atoms with Crippen LogP contribution in [-0.4, -0.2) is 24.1 Å². The largest absolute Gasteiger partial charge is 0.496 e. The molecular formula is C14H17NO4. The lowest BCUT2D eigenvalue weighted by atomic mass is 10.1. The van der Waals surface area contributed by atoms with Crippen LogP contribution in [-0.2, 0) is 9.59 Å². The number of carboxylic acid groups (broad SMARTS) is 1. The molecule has 1 aromatic carbocycles. The summed E-state index contributed by atoms with van der Waals surface area (Å²) in [6.07, 6.45) is 0. The van der Waals surface area contributed by atoms with Crippen LogP contribution in [0, 0.1) is 6.92 Å². The summed E-state index contributed by atoms with van der Waals surface area (Å²) >= 11 is 0. The number of aryl methyl sites for hydroxylation is 1. The molecule has 19 heavy (non-hydrogen) atoms. The Bertz CT molecular complexity index is 546. The number of hydrogen-bond acceptors (Lipinski definition) is 3. The van der Waals surface area contributed by atoms with Gasteiger partial charge in [0.15, 0.2) is 0 Å². The number of methoxy groups -OCH3 is 1. The van der Waals surface area contributed by atoms with Crippen molar-refractivity contribution in [2.75, 3.05) is 12.4 Å². The molecule has 0 heterocycles. The van der Waals surface area contributed by atoms with Crippen molar-refractivity contribution in [3.63, 3.8) is 0 Å². The van der Waals surface area contributed by atoms with Gasteiger partial charge in [0.05, 0.1) is 7.11 Å². The monoisotopic (exact) mass is 263 g/mol. The van der Waals surface area contributed by atoms with E-state index < -0.39 is 11.9 Å². The van der Waals surface area contributed by atoms with E-state index in [0.717, 1.165) is 11.3 Å². The zero-order valence-electron chi connectivity index (χ0n) is 11.4. The minimum absolute atomic E-state index is 0.0303. The number of anilines is 1. The Morgan fingerprint density at radius 3 is 2.32 bits per heavy atom. The second-order valence-electron chi connectivity index (χ2n) is 4.19. The van der Waals surface area contributed by atoms with Crippen molar-refractivity contribution < 1.29 is 19.4 Å². The minimum Gasteiger partial charge on any atom is -0.496 e.